The molecule has 1 atom stereocenters. The fourth-order valence-electron chi connectivity index (χ4n) is 3.55. The molecule has 0 saturated carbocycles. The maximum Gasteiger partial charge on any atom is 0.367 e. The molecule has 0 aliphatic heterocycles. The van der Waals surface area contributed by atoms with Crippen LogP contribution in [0.25, 0.3) is 10.9 Å². The van der Waals surface area contributed by atoms with E-state index in [0.29, 0.717) is 18.9 Å². The van der Waals surface area contributed by atoms with Gasteiger partial charge in [0.15, 0.2) is 0 Å². The SMILES string of the molecule is CCCO[PH](=O)Oc1ccc2c(c1)c(CC(N)=O)c(CC)n2Cc1ccccc1. The molecule has 0 saturated heterocycles. The molecule has 1 amide bonds. The number of carbonyl (C=O) groups is 1. The van der Waals surface area contributed by atoms with Crippen molar-refractivity contribution < 1.29 is 18.4 Å². The number of nitrogens with two attached hydrogens (primary N) is 1. The Morgan fingerprint density at radius 2 is 1.90 bits per heavy atom. The molecule has 0 fully saturated rings. The number of hydrogen-bond acceptors (Lipinski definition) is 4. The van der Waals surface area contributed by atoms with E-state index in [9.17, 15) is 9.36 Å². The zero-order valence-electron chi connectivity index (χ0n) is 16.8. The van der Waals surface area contributed by atoms with Crippen molar-refractivity contribution in [2.45, 2.75) is 39.7 Å². The van der Waals surface area contributed by atoms with Crippen LogP contribution in [-0.2, 0) is 33.3 Å². The first-order valence-corrected chi connectivity index (χ1v) is 11.1. The highest BCUT2D eigenvalue weighted by molar-refractivity contribution is 7.33. The molecule has 29 heavy (non-hydrogen) atoms. The Morgan fingerprint density at radius 3 is 2.55 bits per heavy atom. The third kappa shape index (κ3) is 5.08. The van der Waals surface area contributed by atoms with Gasteiger partial charge in [-0.1, -0.05) is 44.2 Å². The quantitative estimate of drug-likeness (QED) is 0.496. The Balaban J connectivity index is 2.05. The molecule has 1 aromatic heterocycles. The van der Waals surface area contributed by atoms with Crippen molar-refractivity contribution in [3.63, 3.8) is 0 Å². The lowest BCUT2D eigenvalue weighted by Gasteiger charge is -2.11. The van der Waals surface area contributed by atoms with Crippen molar-refractivity contribution in [1.82, 2.24) is 4.57 Å². The summed E-state index contributed by atoms with van der Waals surface area (Å²) >= 11 is 0. The number of carbonyl (C=O) groups excluding carboxylic acids is 1. The highest BCUT2D eigenvalue weighted by Gasteiger charge is 2.19. The normalized spacial score (nSPS) is 12.2. The van der Waals surface area contributed by atoms with Crippen molar-refractivity contribution in [2.24, 2.45) is 5.73 Å². The predicted octanol–water partition coefficient (Wildman–Crippen LogP) is 4.47. The van der Waals surface area contributed by atoms with Gasteiger partial charge in [0.2, 0.25) is 5.91 Å². The number of hydrogen-bond donors (Lipinski definition) is 1. The van der Waals surface area contributed by atoms with Crippen LogP contribution in [0.4, 0.5) is 0 Å². The summed E-state index contributed by atoms with van der Waals surface area (Å²) < 4.78 is 24.9. The predicted molar refractivity (Wildman–Crippen MR) is 116 cm³/mol. The fraction of sp³-hybridized carbons (Fsp3) is 0.318. The summed E-state index contributed by atoms with van der Waals surface area (Å²) in [5, 5.41) is 0.888. The Labute approximate surface area is 171 Å². The molecule has 6 nitrogen and oxygen atoms in total. The van der Waals surface area contributed by atoms with E-state index in [1.54, 1.807) is 6.07 Å². The molecule has 0 bridgehead atoms. The second-order valence-electron chi connectivity index (χ2n) is 6.87. The zero-order chi connectivity index (χ0) is 20.8. The number of rotatable bonds is 10. The third-order valence-corrected chi connectivity index (χ3v) is 5.59. The Morgan fingerprint density at radius 1 is 1.14 bits per heavy atom. The molecule has 0 radical (unpaired) electrons. The zero-order valence-corrected chi connectivity index (χ0v) is 17.8. The van der Waals surface area contributed by atoms with Crippen LogP contribution in [0.5, 0.6) is 5.75 Å². The molecule has 2 N–H and O–H groups in total. The first-order valence-electron chi connectivity index (χ1n) is 9.84. The highest BCUT2D eigenvalue weighted by Crippen LogP contribution is 2.35. The molecule has 3 rings (SSSR count). The first kappa shape index (κ1) is 21.2. The lowest BCUT2D eigenvalue weighted by atomic mass is 10.1. The van der Waals surface area contributed by atoms with Crippen LogP contribution >= 0.6 is 8.25 Å². The highest BCUT2D eigenvalue weighted by atomic mass is 31.1. The minimum atomic E-state index is -2.61. The van der Waals surface area contributed by atoms with Gasteiger partial charge in [-0.25, -0.2) is 4.57 Å². The van der Waals surface area contributed by atoms with Gasteiger partial charge in [-0.15, -0.1) is 0 Å². The summed E-state index contributed by atoms with van der Waals surface area (Å²) in [6.45, 7) is 5.09. The number of benzene rings is 2. The number of nitrogens with zero attached hydrogens (tertiary/aromatic N) is 1. The van der Waals surface area contributed by atoms with Crippen molar-refractivity contribution in [3.8, 4) is 5.75 Å². The van der Waals surface area contributed by atoms with Gasteiger partial charge >= 0.3 is 8.25 Å². The molecule has 0 spiro atoms. The van der Waals surface area contributed by atoms with Crippen LogP contribution in [0.2, 0.25) is 0 Å². The number of fused-ring (bicyclic) bond motifs is 1. The van der Waals surface area contributed by atoms with Crippen LogP contribution in [0, 0.1) is 0 Å². The van der Waals surface area contributed by atoms with Crippen molar-refractivity contribution in [2.75, 3.05) is 6.61 Å². The van der Waals surface area contributed by atoms with Crippen LogP contribution in [0.1, 0.15) is 37.1 Å². The molecule has 2 aromatic carbocycles. The van der Waals surface area contributed by atoms with Gasteiger partial charge in [-0.05, 0) is 42.2 Å². The van der Waals surface area contributed by atoms with Gasteiger partial charge in [0.25, 0.3) is 0 Å². The summed E-state index contributed by atoms with van der Waals surface area (Å²) in [7, 11) is -2.61. The standard InChI is InChI=1S/C22H27N2O4P/c1-3-12-27-29(26)28-17-10-11-21-18(13-17)19(14-22(23)25)20(4-2)24(21)15-16-8-6-5-7-9-16/h5-11,13,29H,3-4,12,14-15H2,1-2H3,(H2,23,25). The average molecular weight is 414 g/mol. The Bertz CT molecular complexity index is 1010. The summed E-state index contributed by atoms with van der Waals surface area (Å²) in [6, 6.07) is 15.7. The Kier molecular flexibility index (Phi) is 7.13. The first-order chi connectivity index (χ1) is 14.0. The van der Waals surface area contributed by atoms with Crippen LogP contribution in [-0.4, -0.2) is 17.1 Å². The van der Waals surface area contributed by atoms with Gasteiger partial charge in [0, 0.05) is 23.1 Å². The molecular weight excluding hydrogens is 387 g/mol. The molecule has 0 aliphatic rings. The second-order valence-corrected chi connectivity index (χ2v) is 7.87. The number of amides is 1. The fourth-order valence-corrected chi connectivity index (χ4v) is 4.30. The minimum absolute atomic E-state index is 0.145. The molecule has 1 heterocycles. The summed E-state index contributed by atoms with van der Waals surface area (Å²) in [5.41, 5.74) is 9.65. The topological polar surface area (TPSA) is 83.6 Å². The third-order valence-electron chi connectivity index (χ3n) is 4.75. The summed E-state index contributed by atoms with van der Waals surface area (Å²) in [5.74, 6) is 0.0763. The van der Waals surface area contributed by atoms with E-state index < -0.39 is 8.25 Å². The van der Waals surface area contributed by atoms with Crippen molar-refractivity contribution in [3.05, 3.63) is 65.4 Å². The number of aromatic nitrogens is 1. The molecule has 0 aliphatic carbocycles. The second kappa shape index (κ2) is 9.77. The van der Waals surface area contributed by atoms with Gasteiger partial charge in [0.1, 0.15) is 5.75 Å². The molecular formula is C22H27N2O4P. The number of primary amides is 1. The van der Waals surface area contributed by atoms with E-state index in [2.05, 4.69) is 23.6 Å². The summed E-state index contributed by atoms with van der Waals surface area (Å²) in [4.78, 5) is 11.7. The van der Waals surface area contributed by atoms with E-state index in [4.69, 9.17) is 14.8 Å². The van der Waals surface area contributed by atoms with Crippen LogP contribution in [0.3, 0.4) is 0 Å². The Hall–Kier alpha value is -2.56. The van der Waals surface area contributed by atoms with Crippen LogP contribution < -0.4 is 10.3 Å². The van der Waals surface area contributed by atoms with E-state index in [1.807, 2.05) is 37.3 Å². The van der Waals surface area contributed by atoms with E-state index in [-0.39, 0.29) is 12.3 Å². The smallest absolute Gasteiger partial charge is 0.367 e. The monoisotopic (exact) mass is 414 g/mol. The molecule has 154 valence electrons. The minimum Gasteiger partial charge on any atom is -0.426 e. The van der Waals surface area contributed by atoms with E-state index in [0.717, 1.165) is 35.0 Å². The molecule has 7 heteroatoms. The maximum absolute atomic E-state index is 12.0. The van der Waals surface area contributed by atoms with E-state index >= 15 is 0 Å². The van der Waals surface area contributed by atoms with Crippen LogP contribution in [0.15, 0.2) is 48.5 Å². The largest absolute Gasteiger partial charge is 0.426 e. The lowest BCUT2D eigenvalue weighted by Crippen LogP contribution is -2.15. The summed E-state index contributed by atoms with van der Waals surface area (Å²) in [6.07, 6.45) is 1.67. The van der Waals surface area contributed by atoms with Gasteiger partial charge in [-0.3, -0.25) is 4.79 Å². The molecule has 1 unspecified atom stereocenters. The van der Waals surface area contributed by atoms with Gasteiger partial charge in [-0.2, -0.15) is 0 Å². The van der Waals surface area contributed by atoms with Crippen molar-refractivity contribution in [1.29, 1.82) is 0 Å². The lowest BCUT2D eigenvalue weighted by molar-refractivity contribution is -0.117. The van der Waals surface area contributed by atoms with Crippen molar-refractivity contribution >= 4 is 25.1 Å². The average Bonchev–Trinajstić information content (AvgIpc) is 2.98. The molecule has 3 aromatic rings. The van der Waals surface area contributed by atoms with Gasteiger partial charge in [0.05, 0.1) is 13.0 Å². The van der Waals surface area contributed by atoms with Gasteiger partial charge < -0.3 is 19.3 Å². The maximum atomic E-state index is 12.0. The van der Waals surface area contributed by atoms with E-state index in [1.165, 1.54) is 5.56 Å².